The van der Waals surface area contributed by atoms with E-state index >= 15 is 0 Å². The average Bonchev–Trinajstić information content (AvgIpc) is 3.36. The van der Waals surface area contributed by atoms with Crippen molar-refractivity contribution in [1.29, 1.82) is 0 Å². The van der Waals surface area contributed by atoms with Crippen molar-refractivity contribution in [3.63, 3.8) is 0 Å². The molecule has 5 nitrogen and oxygen atoms in total. The van der Waals surface area contributed by atoms with Crippen LogP contribution in [0.2, 0.25) is 0 Å². The fourth-order valence-electron chi connectivity index (χ4n) is 4.46. The van der Waals surface area contributed by atoms with Gasteiger partial charge in [0.05, 0.1) is 19.6 Å². The van der Waals surface area contributed by atoms with Gasteiger partial charge in [0, 0.05) is 11.1 Å². The van der Waals surface area contributed by atoms with Crippen molar-refractivity contribution in [2.45, 2.75) is 57.7 Å². The molecular weight excluding hydrogens is 447 g/mol. The van der Waals surface area contributed by atoms with Crippen molar-refractivity contribution >= 4 is 5.97 Å². The molecule has 3 aromatic rings. The van der Waals surface area contributed by atoms with Crippen LogP contribution < -0.4 is 14.2 Å². The number of carbonyl (C=O) groups is 1. The van der Waals surface area contributed by atoms with Crippen LogP contribution in [0.1, 0.15) is 56.1 Å². The van der Waals surface area contributed by atoms with E-state index in [1.165, 1.54) is 6.07 Å². The fraction of sp³-hybridized carbons (Fsp3) is 0.345. The van der Waals surface area contributed by atoms with Crippen LogP contribution in [0.4, 0.5) is 4.39 Å². The van der Waals surface area contributed by atoms with Crippen LogP contribution in [0.5, 0.6) is 17.2 Å². The second-order valence-electron chi connectivity index (χ2n) is 9.06. The fourth-order valence-corrected chi connectivity index (χ4v) is 4.46. The normalized spacial score (nSPS) is 14.5. The zero-order chi connectivity index (χ0) is 24.8. The van der Waals surface area contributed by atoms with E-state index in [-0.39, 0.29) is 24.3 Å². The molecule has 0 aromatic heterocycles. The summed E-state index contributed by atoms with van der Waals surface area (Å²) < 4.78 is 32.4. The van der Waals surface area contributed by atoms with Gasteiger partial charge in [0.15, 0.2) is 0 Å². The summed E-state index contributed by atoms with van der Waals surface area (Å²) in [6, 6.07) is 17.9. The number of ether oxygens (including phenoxy) is 3. The van der Waals surface area contributed by atoms with E-state index in [1.807, 2.05) is 49.4 Å². The van der Waals surface area contributed by atoms with Gasteiger partial charge in [-0.1, -0.05) is 31.2 Å². The van der Waals surface area contributed by atoms with Gasteiger partial charge in [-0.3, -0.25) is 4.79 Å². The molecule has 1 N–H and O–H groups in total. The summed E-state index contributed by atoms with van der Waals surface area (Å²) in [6.07, 6.45) is 4.42. The van der Waals surface area contributed by atoms with Crippen molar-refractivity contribution in [1.82, 2.24) is 0 Å². The molecule has 0 unspecified atom stereocenters. The Labute approximate surface area is 205 Å². The molecule has 3 aromatic carbocycles. The zero-order valence-corrected chi connectivity index (χ0v) is 20.1. The summed E-state index contributed by atoms with van der Waals surface area (Å²) in [6.45, 7) is 2.19. The lowest BCUT2D eigenvalue weighted by atomic mass is 9.98. The number of carboxylic acids is 1. The van der Waals surface area contributed by atoms with E-state index in [2.05, 4.69) is 0 Å². The molecule has 6 heteroatoms. The van der Waals surface area contributed by atoms with E-state index in [4.69, 9.17) is 19.3 Å². The lowest BCUT2D eigenvalue weighted by Crippen LogP contribution is -2.12. The molecule has 1 atom stereocenters. The molecule has 0 aliphatic heterocycles. The van der Waals surface area contributed by atoms with Crippen molar-refractivity contribution in [2.24, 2.45) is 0 Å². The summed E-state index contributed by atoms with van der Waals surface area (Å²) in [5, 5.41) is 9.07. The lowest BCUT2D eigenvalue weighted by Gasteiger charge is -2.19. The minimum atomic E-state index is -0.828. The molecular formula is C29H31FO5. The van der Waals surface area contributed by atoms with Crippen molar-refractivity contribution in [3.05, 3.63) is 77.6 Å². The van der Waals surface area contributed by atoms with Gasteiger partial charge in [0.1, 0.15) is 29.7 Å². The highest BCUT2D eigenvalue weighted by Gasteiger charge is 2.20. The van der Waals surface area contributed by atoms with E-state index in [0.29, 0.717) is 35.0 Å². The lowest BCUT2D eigenvalue weighted by molar-refractivity contribution is -0.137. The Morgan fingerprint density at radius 2 is 1.83 bits per heavy atom. The molecule has 1 aliphatic carbocycles. The minimum absolute atomic E-state index is 0.0631. The smallest absolute Gasteiger partial charge is 0.303 e. The first-order chi connectivity index (χ1) is 16.9. The maximum absolute atomic E-state index is 14.8. The first kappa shape index (κ1) is 24.6. The van der Waals surface area contributed by atoms with E-state index < -0.39 is 5.97 Å². The molecule has 184 valence electrons. The summed E-state index contributed by atoms with van der Waals surface area (Å²) in [5.41, 5.74) is 2.93. The third-order valence-corrected chi connectivity index (χ3v) is 6.42. The first-order valence-electron chi connectivity index (χ1n) is 12.0. The molecule has 1 aliphatic rings. The molecule has 1 saturated carbocycles. The van der Waals surface area contributed by atoms with E-state index in [0.717, 1.165) is 36.8 Å². The number of hydrogen-bond donors (Lipinski definition) is 1. The second-order valence-corrected chi connectivity index (χ2v) is 9.06. The summed E-state index contributed by atoms with van der Waals surface area (Å²) in [5.74, 6) is 0.608. The average molecular weight is 479 g/mol. The van der Waals surface area contributed by atoms with Gasteiger partial charge in [-0.2, -0.15) is 0 Å². The molecule has 4 rings (SSSR count). The van der Waals surface area contributed by atoms with Crippen molar-refractivity contribution in [2.75, 3.05) is 7.11 Å². The Kier molecular flexibility index (Phi) is 7.91. The molecule has 1 fully saturated rings. The highest BCUT2D eigenvalue weighted by atomic mass is 19.1. The monoisotopic (exact) mass is 478 g/mol. The number of halogens is 1. The number of benzene rings is 3. The maximum Gasteiger partial charge on any atom is 0.303 e. The number of carboxylic acid groups (broad SMARTS) is 1. The first-order valence-corrected chi connectivity index (χ1v) is 12.0. The zero-order valence-electron chi connectivity index (χ0n) is 20.1. The van der Waals surface area contributed by atoms with Crippen LogP contribution in [0.25, 0.3) is 11.1 Å². The molecule has 0 saturated heterocycles. The molecule has 0 spiro atoms. The Bertz CT molecular complexity index is 1170. The van der Waals surface area contributed by atoms with Gasteiger partial charge in [-0.25, -0.2) is 4.39 Å². The Morgan fingerprint density at radius 1 is 1.03 bits per heavy atom. The number of methoxy groups -OCH3 is 1. The van der Waals surface area contributed by atoms with Gasteiger partial charge in [0.2, 0.25) is 0 Å². The summed E-state index contributed by atoms with van der Waals surface area (Å²) >= 11 is 0. The van der Waals surface area contributed by atoms with Crippen LogP contribution in [-0.4, -0.2) is 24.3 Å². The van der Waals surface area contributed by atoms with Crippen LogP contribution >= 0.6 is 0 Å². The van der Waals surface area contributed by atoms with Crippen molar-refractivity contribution in [3.8, 4) is 28.4 Å². The van der Waals surface area contributed by atoms with Gasteiger partial charge >= 0.3 is 5.97 Å². The topological polar surface area (TPSA) is 65.0 Å². The van der Waals surface area contributed by atoms with Gasteiger partial charge < -0.3 is 19.3 Å². The Balaban J connectivity index is 1.57. The minimum Gasteiger partial charge on any atom is -0.497 e. The molecule has 35 heavy (non-hydrogen) atoms. The largest absolute Gasteiger partial charge is 0.497 e. The Hall–Kier alpha value is -3.54. The predicted molar refractivity (Wildman–Crippen MR) is 133 cm³/mol. The predicted octanol–water partition coefficient (Wildman–Crippen LogP) is 6.98. The third-order valence-electron chi connectivity index (χ3n) is 6.42. The molecule has 0 amide bonds. The second kappa shape index (κ2) is 11.3. The SMILES string of the molecule is COc1ccc(F)c(-c2ccc(COc3cccc([C@@H](C)CC(=O)O)c3)cc2OC2CCCC2)c1. The molecule has 0 bridgehead atoms. The van der Waals surface area contributed by atoms with Crippen LogP contribution in [0, 0.1) is 5.82 Å². The highest BCUT2D eigenvalue weighted by Crippen LogP contribution is 2.37. The van der Waals surface area contributed by atoms with E-state index in [1.54, 1.807) is 19.2 Å². The number of rotatable bonds is 10. The van der Waals surface area contributed by atoms with Crippen LogP contribution in [0.15, 0.2) is 60.7 Å². The van der Waals surface area contributed by atoms with Gasteiger partial charge in [0.25, 0.3) is 0 Å². The van der Waals surface area contributed by atoms with Crippen LogP contribution in [0.3, 0.4) is 0 Å². The third kappa shape index (κ3) is 6.32. The summed E-state index contributed by atoms with van der Waals surface area (Å²) in [4.78, 5) is 11.0. The molecule has 0 heterocycles. The standard InChI is InChI=1S/C29H31FO5/c1-19(14-29(31)32)21-6-5-9-24(16-21)34-18-20-10-12-25(26-17-23(33-2)11-13-27(26)30)28(15-20)35-22-7-3-4-8-22/h5-6,9-13,15-17,19,22H,3-4,7-8,14,18H2,1-2H3,(H,31,32)/t19-/m0/s1. The van der Waals surface area contributed by atoms with Gasteiger partial charge in [-0.15, -0.1) is 0 Å². The maximum atomic E-state index is 14.8. The quantitative estimate of drug-likeness (QED) is 0.341. The van der Waals surface area contributed by atoms with E-state index in [9.17, 15) is 9.18 Å². The number of aliphatic carboxylic acids is 1. The van der Waals surface area contributed by atoms with Gasteiger partial charge in [-0.05, 0) is 79.1 Å². The van der Waals surface area contributed by atoms with Crippen LogP contribution in [-0.2, 0) is 11.4 Å². The highest BCUT2D eigenvalue weighted by molar-refractivity contribution is 5.73. The Morgan fingerprint density at radius 3 is 2.57 bits per heavy atom. The molecule has 0 radical (unpaired) electrons. The van der Waals surface area contributed by atoms with Crippen molar-refractivity contribution < 1.29 is 28.5 Å². The number of hydrogen-bond acceptors (Lipinski definition) is 4. The summed E-state index contributed by atoms with van der Waals surface area (Å²) in [7, 11) is 1.56.